The second-order valence-electron chi connectivity index (χ2n) is 5.96. The zero-order chi connectivity index (χ0) is 16.5. The van der Waals surface area contributed by atoms with Gasteiger partial charge >= 0.3 is 0 Å². The largest absolute Gasteiger partial charge is 0.594 e. The quantitative estimate of drug-likeness (QED) is 0.412. The van der Waals surface area contributed by atoms with Crippen LogP contribution in [0.1, 0.15) is 13.8 Å². The first kappa shape index (κ1) is 13.9. The van der Waals surface area contributed by atoms with Gasteiger partial charge < -0.3 is 5.21 Å². The summed E-state index contributed by atoms with van der Waals surface area (Å²) < 4.78 is 0. The number of anilines is 1. The van der Waals surface area contributed by atoms with Crippen LogP contribution in [-0.2, 0) is 19.2 Å². The molecule has 118 valence electrons. The van der Waals surface area contributed by atoms with E-state index in [0.29, 0.717) is 10.5 Å². The predicted octanol–water partition coefficient (Wildman–Crippen LogP) is 0.0194. The van der Waals surface area contributed by atoms with Gasteiger partial charge in [0.25, 0.3) is 17.4 Å². The second kappa shape index (κ2) is 4.17. The van der Waals surface area contributed by atoms with Gasteiger partial charge in [-0.25, -0.2) is 9.74 Å². The molecule has 0 aromatic heterocycles. The predicted molar refractivity (Wildman–Crippen MR) is 76.9 cm³/mol. The molecule has 3 atom stereocenters. The number of hydrazine groups is 1. The van der Waals surface area contributed by atoms with E-state index < -0.39 is 35.2 Å². The molecule has 2 fully saturated rings. The molecule has 2 saturated heterocycles. The van der Waals surface area contributed by atoms with Gasteiger partial charge in [-0.1, -0.05) is 23.0 Å². The van der Waals surface area contributed by atoms with Crippen LogP contribution in [0.4, 0.5) is 5.69 Å². The zero-order valence-corrected chi connectivity index (χ0v) is 12.4. The second-order valence-corrected chi connectivity index (χ2v) is 5.96. The average Bonchev–Trinajstić information content (AvgIpc) is 3.05. The third kappa shape index (κ3) is 1.43. The van der Waals surface area contributed by atoms with E-state index in [1.54, 1.807) is 30.3 Å². The molecule has 8 heteroatoms. The van der Waals surface area contributed by atoms with Gasteiger partial charge in [0, 0.05) is 6.92 Å². The molecule has 0 aliphatic carbocycles. The van der Waals surface area contributed by atoms with E-state index in [9.17, 15) is 19.6 Å². The van der Waals surface area contributed by atoms with Crippen LogP contribution in [-0.4, -0.2) is 45.0 Å². The highest BCUT2D eigenvalue weighted by molar-refractivity contribution is 6.42. The van der Waals surface area contributed by atoms with Crippen molar-refractivity contribution in [1.29, 1.82) is 0 Å². The minimum atomic E-state index is -1.49. The van der Waals surface area contributed by atoms with E-state index in [2.05, 4.69) is 0 Å². The molecule has 0 bridgehead atoms. The number of fused-ring (bicyclic) bond motifs is 3. The average molecular weight is 315 g/mol. The van der Waals surface area contributed by atoms with Crippen LogP contribution in [0.2, 0.25) is 0 Å². The lowest BCUT2D eigenvalue weighted by Crippen LogP contribution is -2.52. The van der Waals surface area contributed by atoms with Crippen LogP contribution in [0.3, 0.4) is 0 Å². The summed E-state index contributed by atoms with van der Waals surface area (Å²) >= 11 is 0. The fourth-order valence-electron chi connectivity index (χ4n) is 3.50. The van der Waals surface area contributed by atoms with Crippen molar-refractivity contribution in [1.82, 2.24) is 5.17 Å². The van der Waals surface area contributed by atoms with Gasteiger partial charge in [0.2, 0.25) is 11.4 Å². The van der Waals surface area contributed by atoms with E-state index in [1.165, 1.54) is 13.8 Å². The SMILES string of the molecule is CC1=[N+]([O-])N2O[C@H]3C(=O)N(c4ccccc4)C(=O)[C@H]3[C@@]2(C)C1=O. The van der Waals surface area contributed by atoms with Gasteiger partial charge in [0.15, 0.2) is 6.10 Å². The number of amides is 2. The lowest BCUT2D eigenvalue weighted by atomic mass is 9.80. The number of hydroxylamine groups is 1. The van der Waals surface area contributed by atoms with Crippen molar-refractivity contribution >= 4 is 29.0 Å². The Balaban J connectivity index is 1.79. The Kier molecular flexibility index (Phi) is 2.52. The summed E-state index contributed by atoms with van der Waals surface area (Å²) in [5, 5.41) is 12.8. The van der Waals surface area contributed by atoms with Crippen LogP contribution in [0.15, 0.2) is 30.3 Å². The molecule has 0 N–H and O–H groups in total. The Labute approximate surface area is 131 Å². The number of benzene rings is 1. The zero-order valence-electron chi connectivity index (χ0n) is 12.4. The molecule has 0 unspecified atom stereocenters. The monoisotopic (exact) mass is 315 g/mol. The standard InChI is InChI=1S/C15H13N3O5/c1-8-12(19)15(2)10-11(23-18(15)17(8)22)14(21)16(13(10)20)9-6-4-3-5-7-9/h3-7,10-11H,1-2H3/t10-,11+,15-/m0/s1. The first-order valence-electron chi connectivity index (χ1n) is 7.14. The topological polar surface area (TPSA) is 93.0 Å². The van der Waals surface area contributed by atoms with E-state index in [0.717, 1.165) is 10.1 Å². The molecule has 8 nitrogen and oxygen atoms in total. The summed E-state index contributed by atoms with van der Waals surface area (Å²) in [6.45, 7) is 2.83. The van der Waals surface area contributed by atoms with Crippen molar-refractivity contribution in [2.75, 3.05) is 4.90 Å². The number of Topliss-reactive ketones (excluding diaryl/α,β-unsaturated/α-hetero) is 1. The van der Waals surface area contributed by atoms with Crippen LogP contribution < -0.4 is 4.90 Å². The summed E-state index contributed by atoms with van der Waals surface area (Å²) in [4.78, 5) is 44.6. The molecular formula is C15H13N3O5. The first-order valence-corrected chi connectivity index (χ1v) is 7.14. The number of nitrogens with zero attached hydrogens (tertiary/aromatic N) is 3. The number of rotatable bonds is 1. The van der Waals surface area contributed by atoms with E-state index >= 15 is 0 Å². The highest BCUT2D eigenvalue weighted by Crippen LogP contribution is 2.46. The van der Waals surface area contributed by atoms with Gasteiger partial charge in [-0.15, -0.1) is 0 Å². The maximum absolute atomic E-state index is 12.8. The summed E-state index contributed by atoms with van der Waals surface area (Å²) in [6.07, 6.45) is -1.17. The van der Waals surface area contributed by atoms with Gasteiger partial charge in [0.1, 0.15) is 5.92 Å². The fourth-order valence-corrected chi connectivity index (χ4v) is 3.50. The van der Waals surface area contributed by atoms with Crippen LogP contribution in [0.25, 0.3) is 0 Å². The van der Waals surface area contributed by atoms with Crippen molar-refractivity contribution < 1.29 is 24.1 Å². The number of imide groups is 1. The van der Waals surface area contributed by atoms with Gasteiger partial charge in [-0.2, -0.15) is 0 Å². The van der Waals surface area contributed by atoms with Crippen molar-refractivity contribution in [2.45, 2.75) is 25.5 Å². The Morgan fingerprint density at radius 1 is 1.17 bits per heavy atom. The third-order valence-corrected chi connectivity index (χ3v) is 4.72. The molecule has 1 aromatic rings. The maximum Gasteiger partial charge on any atom is 0.266 e. The van der Waals surface area contributed by atoms with Crippen LogP contribution in [0, 0.1) is 11.1 Å². The summed E-state index contributed by atoms with van der Waals surface area (Å²) in [5.41, 5.74) is -1.14. The number of carbonyl (C=O) groups is 3. The van der Waals surface area contributed by atoms with Crippen LogP contribution in [0.5, 0.6) is 0 Å². The van der Waals surface area contributed by atoms with Gasteiger partial charge in [0.05, 0.1) is 5.69 Å². The summed E-state index contributed by atoms with van der Waals surface area (Å²) in [7, 11) is 0. The molecule has 0 spiro atoms. The lowest BCUT2D eigenvalue weighted by Gasteiger charge is -2.25. The molecule has 23 heavy (non-hydrogen) atoms. The minimum Gasteiger partial charge on any atom is -0.594 e. The Morgan fingerprint density at radius 3 is 2.48 bits per heavy atom. The van der Waals surface area contributed by atoms with Crippen molar-refractivity contribution in [3.8, 4) is 0 Å². The van der Waals surface area contributed by atoms with E-state index in [1.807, 2.05) is 0 Å². The number of hydrogen-bond acceptors (Lipinski definition) is 6. The fraction of sp³-hybridized carbons (Fsp3) is 0.333. The van der Waals surface area contributed by atoms with E-state index in [4.69, 9.17) is 4.84 Å². The highest BCUT2D eigenvalue weighted by Gasteiger charge is 2.74. The smallest absolute Gasteiger partial charge is 0.266 e. The molecule has 3 aliphatic rings. The number of ketones is 1. The lowest BCUT2D eigenvalue weighted by molar-refractivity contribution is -0.717. The summed E-state index contributed by atoms with van der Waals surface area (Å²) in [5.74, 6) is -2.65. The molecule has 0 saturated carbocycles. The molecule has 3 aliphatic heterocycles. The Hall–Kier alpha value is -2.74. The Morgan fingerprint density at radius 2 is 1.83 bits per heavy atom. The molecule has 0 radical (unpaired) electrons. The summed E-state index contributed by atoms with van der Waals surface area (Å²) in [6, 6.07) is 8.44. The Bertz CT molecular complexity index is 790. The molecule has 2 amide bonds. The molecule has 1 aromatic carbocycles. The number of hydrazone groups is 1. The minimum absolute atomic E-state index is 0.0654. The molecular weight excluding hydrogens is 302 g/mol. The van der Waals surface area contributed by atoms with Crippen molar-refractivity contribution in [3.63, 3.8) is 0 Å². The molecule has 3 heterocycles. The van der Waals surface area contributed by atoms with Crippen molar-refractivity contribution in [3.05, 3.63) is 35.5 Å². The van der Waals surface area contributed by atoms with Crippen LogP contribution >= 0.6 is 0 Å². The first-order chi connectivity index (χ1) is 10.9. The number of para-hydroxylation sites is 1. The number of carbonyl (C=O) groups excluding carboxylic acids is 3. The highest BCUT2D eigenvalue weighted by atomic mass is 16.8. The van der Waals surface area contributed by atoms with Crippen molar-refractivity contribution in [2.24, 2.45) is 5.92 Å². The number of hydrogen-bond donors (Lipinski definition) is 0. The molecule has 4 rings (SSSR count). The normalized spacial score (nSPS) is 32.9. The maximum atomic E-state index is 12.8. The van der Waals surface area contributed by atoms with E-state index in [-0.39, 0.29) is 5.71 Å². The third-order valence-electron chi connectivity index (χ3n) is 4.72. The van der Waals surface area contributed by atoms with Gasteiger partial charge in [-0.3, -0.25) is 14.4 Å². The van der Waals surface area contributed by atoms with Gasteiger partial charge in [-0.05, 0) is 24.2 Å².